The summed E-state index contributed by atoms with van der Waals surface area (Å²) in [6, 6.07) is 4.78. The molecule has 0 unspecified atom stereocenters. The first-order valence-corrected chi connectivity index (χ1v) is 8.69. The highest BCUT2D eigenvalue weighted by Crippen LogP contribution is 2.38. The summed E-state index contributed by atoms with van der Waals surface area (Å²) in [4.78, 5) is 22.6. The van der Waals surface area contributed by atoms with E-state index >= 15 is 0 Å². The number of carboxylic acids is 1. The molecule has 1 amide bonds. The number of hydrogen-bond donors (Lipinski definition) is 2. The summed E-state index contributed by atoms with van der Waals surface area (Å²) in [6.45, 7) is 9.49. The van der Waals surface area contributed by atoms with Gasteiger partial charge in [-0.25, -0.2) is 4.79 Å². The molecule has 0 bridgehead atoms. The van der Waals surface area contributed by atoms with E-state index in [0.717, 1.165) is 0 Å². The molecule has 0 atom stereocenters. The molecule has 1 aromatic rings. The zero-order valence-corrected chi connectivity index (χ0v) is 16.6. The summed E-state index contributed by atoms with van der Waals surface area (Å²) in [5.41, 5.74) is 0.477. The Labute approximate surface area is 159 Å². The van der Waals surface area contributed by atoms with Crippen molar-refractivity contribution in [1.29, 1.82) is 0 Å². The number of amides is 1. The third-order valence-electron chi connectivity index (χ3n) is 4.91. The third kappa shape index (κ3) is 4.70. The van der Waals surface area contributed by atoms with E-state index < -0.39 is 24.3 Å². The van der Waals surface area contributed by atoms with E-state index in [-0.39, 0.29) is 23.8 Å². The van der Waals surface area contributed by atoms with Crippen LogP contribution in [-0.4, -0.2) is 49.0 Å². The van der Waals surface area contributed by atoms with Gasteiger partial charge in [-0.05, 0) is 50.9 Å². The summed E-state index contributed by atoms with van der Waals surface area (Å²) >= 11 is 0. The van der Waals surface area contributed by atoms with Crippen molar-refractivity contribution in [3.05, 3.63) is 34.8 Å². The molecular weight excluding hydrogens is 349 g/mol. The van der Waals surface area contributed by atoms with Crippen LogP contribution < -0.4 is 10.1 Å². The van der Waals surface area contributed by atoms with Crippen molar-refractivity contribution in [2.45, 2.75) is 45.8 Å². The standard InChI is InChI=1S/C19H26BNO6/c1-12(22)21-11-14(20-26-18(2,3)19(4,5)27-20)9-13-7-8-15(17(23)24)16(10-13)25-6/h7-10H,11H2,1-6H3,(H,21,22)(H,23,24). The highest BCUT2D eigenvalue weighted by Gasteiger charge is 2.52. The predicted molar refractivity (Wildman–Crippen MR) is 103 cm³/mol. The summed E-state index contributed by atoms with van der Waals surface area (Å²) in [5, 5.41) is 12.0. The lowest BCUT2D eigenvalue weighted by molar-refractivity contribution is -0.118. The van der Waals surface area contributed by atoms with Crippen molar-refractivity contribution >= 4 is 25.1 Å². The Morgan fingerprint density at radius 3 is 2.30 bits per heavy atom. The Balaban J connectivity index is 2.40. The number of methoxy groups -OCH3 is 1. The van der Waals surface area contributed by atoms with Gasteiger partial charge in [0, 0.05) is 13.5 Å². The number of aromatic carboxylic acids is 1. The Kier molecular flexibility index (Phi) is 6.02. The van der Waals surface area contributed by atoms with Gasteiger partial charge in [-0.1, -0.05) is 12.1 Å². The number of nitrogens with one attached hydrogen (secondary N) is 1. The van der Waals surface area contributed by atoms with Gasteiger partial charge in [-0.15, -0.1) is 0 Å². The van der Waals surface area contributed by atoms with Gasteiger partial charge in [0.1, 0.15) is 11.3 Å². The molecule has 2 rings (SSSR count). The Hall–Kier alpha value is -2.32. The van der Waals surface area contributed by atoms with Gasteiger partial charge in [0.15, 0.2) is 0 Å². The van der Waals surface area contributed by atoms with Crippen LogP contribution in [0.25, 0.3) is 6.08 Å². The molecule has 1 fully saturated rings. The zero-order chi connectivity index (χ0) is 20.4. The van der Waals surface area contributed by atoms with Crippen molar-refractivity contribution in [3.63, 3.8) is 0 Å². The van der Waals surface area contributed by atoms with Gasteiger partial charge in [0.25, 0.3) is 0 Å². The van der Waals surface area contributed by atoms with Gasteiger partial charge in [-0.3, -0.25) is 4.79 Å². The molecule has 0 aliphatic carbocycles. The molecule has 8 heteroatoms. The molecule has 146 valence electrons. The monoisotopic (exact) mass is 375 g/mol. The third-order valence-corrected chi connectivity index (χ3v) is 4.91. The normalized spacial score (nSPS) is 18.3. The van der Waals surface area contributed by atoms with Crippen LogP contribution in [0.4, 0.5) is 0 Å². The highest BCUT2D eigenvalue weighted by atomic mass is 16.7. The molecular formula is C19H26BNO6. The Bertz CT molecular complexity index is 755. The lowest BCUT2D eigenvalue weighted by Gasteiger charge is -2.32. The van der Waals surface area contributed by atoms with Gasteiger partial charge in [0.05, 0.1) is 18.3 Å². The summed E-state index contributed by atoms with van der Waals surface area (Å²) < 4.78 is 17.3. The summed E-state index contributed by atoms with van der Waals surface area (Å²) in [5.74, 6) is -0.980. The average Bonchev–Trinajstić information content (AvgIpc) is 2.78. The van der Waals surface area contributed by atoms with Gasteiger partial charge in [-0.2, -0.15) is 0 Å². The van der Waals surface area contributed by atoms with E-state index in [1.807, 2.05) is 33.8 Å². The molecule has 0 saturated carbocycles. The lowest BCUT2D eigenvalue weighted by atomic mass is 9.77. The molecule has 0 spiro atoms. The number of benzene rings is 1. The highest BCUT2D eigenvalue weighted by molar-refractivity contribution is 6.56. The van der Waals surface area contributed by atoms with Gasteiger partial charge in [0.2, 0.25) is 5.91 Å². The molecule has 1 aliphatic heterocycles. The fourth-order valence-electron chi connectivity index (χ4n) is 2.61. The minimum atomic E-state index is -1.06. The molecule has 1 aromatic carbocycles. The van der Waals surface area contributed by atoms with Crippen LogP contribution in [0.15, 0.2) is 23.7 Å². The van der Waals surface area contributed by atoms with Crippen molar-refractivity contribution in [2.24, 2.45) is 0 Å². The van der Waals surface area contributed by atoms with Crippen molar-refractivity contribution in [2.75, 3.05) is 13.7 Å². The first-order valence-electron chi connectivity index (χ1n) is 8.69. The maximum absolute atomic E-state index is 11.4. The number of carbonyl (C=O) groups excluding carboxylic acids is 1. The minimum absolute atomic E-state index is 0.0775. The zero-order valence-electron chi connectivity index (χ0n) is 16.6. The molecule has 1 heterocycles. The number of rotatable bonds is 6. The number of hydrogen-bond acceptors (Lipinski definition) is 5. The van der Waals surface area contributed by atoms with E-state index in [4.69, 9.17) is 14.0 Å². The second-order valence-electron chi connectivity index (χ2n) is 7.48. The van der Waals surface area contributed by atoms with Crippen LogP contribution in [0.5, 0.6) is 5.75 Å². The number of carboxylic acid groups (broad SMARTS) is 1. The van der Waals surface area contributed by atoms with E-state index in [0.29, 0.717) is 11.0 Å². The van der Waals surface area contributed by atoms with Gasteiger partial charge >= 0.3 is 13.1 Å². The molecule has 27 heavy (non-hydrogen) atoms. The first-order chi connectivity index (χ1) is 12.5. The van der Waals surface area contributed by atoms with E-state index in [9.17, 15) is 14.7 Å². The largest absolute Gasteiger partial charge is 0.496 e. The van der Waals surface area contributed by atoms with Crippen LogP contribution in [0.1, 0.15) is 50.5 Å². The quantitative estimate of drug-likeness (QED) is 0.743. The molecule has 0 aromatic heterocycles. The van der Waals surface area contributed by atoms with Crippen LogP contribution in [-0.2, 0) is 14.1 Å². The second-order valence-corrected chi connectivity index (χ2v) is 7.48. The second kappa shape index (κ2) is 7.74. The van der Waals surface area contributed by atoms with E-state index in [1.54, 1.807) is 12.1 Å². The molecule has 2 N–H and O–H groups in total. The smallest absolute Gasteiger partial charge is 0.492 e. The maximum Gasteiger partial charge on any atom is 0.492 e. The number of carbonyl (C=O) groups is 2. The van der Waals surface area contributed by atoms with Crippen LogP contribution >= 0.6 is 0 Å². The topological polar surface area (TPSA) is 94.1 Å². The molecule has 7 nitrogen and oxygen atoms in total. The molecule has 1 aliphatic rings. The summed E-state index contributed by atoms with van der Waals surface area (Å²) in [7, 11) is 0.786. The van der Waals surface area contributed by atoms with Crippen molar-refractivity contribution < 1.29 is 28.7 Å². The predicted octanol–water partition coefficient (Wildman–Crippen LogP) is 2.54. The number of ether oxygens (including phenoxy) is 1. The first kappa shape index (κ1) is 21.0. The van der Waals surface area contributed by atoms with E-state index in [1.165, 1.54) is 20.1 Å². The Morgan fingerprint density at radius 2 is 1.81 bits per heavy atom. The van der Waals surface area contributed by atoms with Crippen molar-refractivity contribution in [1.82, 2.24) is 5.32 Å². The van der Waals surface area contributed by atoms with Crippen LogP contribution in [0, 0.1) is 0 Å². The fourth-order valence-corrected chi connectivity index (χ4v) is 2.61. The van der Waals surface area contributed by atoms with Crippen molar-refractivity contribution in [3.8, 4) is 5.75 Å². The van der Waals surface area contributed by atoms with E-state index in [2.05, 4.69) is 5.32 Å². The summed E-state index contributed by atoms with van der Waals surface area (Å²) in [6.07, 6.45) is 1.81. The fraction of sp³-hybridized carbons (Fsp3) is 0.474. The minimum Gasteiger partial charge on any atom is -0.496 e. The lowest BCUT2D eigenvalue weighted by Crippen LogP contribution is -2.41. The van der Waals surface area contributed by atoms with Crippen LogP contribution in [0.2, 0.25) is 0 Å². The molecule has 1 saturated heterocycles. The van der Waals surface area contributed by atoms with Gasteiger partial charge < -0.3 is 24.5 Å². The average molecular weight is 375 g/mol. The Morgan fingerprint density at radius 1 is 1.22 bits per heavy atom. The molecule has 0 radical (unpaired) electrons. The SMILES string of the molecule is COc1cc(C=C(CNC(C)=O)B2OC(C)(C)C(C)(C)O2)ccc1C(=O)O. The maximum atomic E-state index is 11.4. The van der Waals surface area contributed by atoms with Crippen LogP contribution in [0.3, 0.4) is 0 Å².